The van der Waals surface area contributed by atoms with E-state index in [-0.39, 0.29) is 6.10 Å². The van der Waals surface area contributed by atoms with E-state index < -0.39 is 0 Å². The lowest BCUT2D eigenvalue weighted by molar-refractivity contribution is 0.134. The molecule has 2 heterocycles. The molecule has 1 aliphatic heterocycles. The van der Waals surface area contributed by atoms with Crippen molar-refractivity contribution in [3.63, 3.8) is 0 Å². The number of nitrogen functional groups attached to an aromatic ring is 1. The molecule has 2 N–H and O–H groups in total. The van der Waals surface area contributed by atoms with Crippen molar-refractivity contribution in [2.24, 2.45) is 0 Å². The van der Waals surface area contributed by atoms with Crippen molar-refractivity contribution in [2.45, 2.75) is 12.5 Å². The van der Waals surface area contributed by atoms with Crippen LogP contribution >= 0.6 is 0 Å². The molecule has 1 saturated heterocycles. The molecular weight excluding hydrogens is 170 g/mol. The number of nitrogens with two attached hydrogens (primary N) is 1. The van der Waals surface area contributed by atoms with Crippen molar-refractivity contribution in [2.75, 3.05) is 18.9 Å². The van der Waals surface area contributed by atoms with Crippen molar-refractivity contribution < 1.29 is 9.47 Å². The lowest BCUT2D eigenvalue weighted by atomic mass is 10.3. The molecule has 0 aliphatic carbocycles. The van der Waals surface area contributed by atoms with E-state index in [1.807, 2.05) is 0 Å². The Labute approximate surface area is 75.9 Å². The molecule has 1 fully saturated rings. The molecule has 2 rings (SSSR count). The molecular formula is C8H11N3O2. The highest BCUT2D eigenvalue weighted by Crippen LogP contribution is 2.11. The summed E-state index contributed by atoms with van der Waals surface area (Å²) in [6.07, 6.45) is 4.04. The molecule has 5 heteroatoms. The van der Waals surface area contributed by atoms with Crippen LogP contribution in [0.2, 0.25) is 0 Å². The number of ether oxygens (including phenoxy) is 2. The Morgan fingerprint density at radius 1 is 1.46 bits per heavy atom. The van der Waals surface area contributed by atoms with Crippen LogP contribution in [0, 0.1) is 0 Å². The number of nitrogens with zero attached hydrogens (tertiary/aromatic N) is 2. The van der Waals surface area contributed by atoms with Gasteiger partial charge in [0.15, 0.2) is 0 Å². The summed E-state index contributed by atoms with van der Waals surface area (Å²) < 4.78 is 10.6. The standard InChI is InChI=1S/C8H11N3O2/c9-6-3-10-8(11-4-6)13-7-1-2-12-5-7/h3-4,7H,1-2,5,9H2. The molecule has 0 radical (unpaired) electrons. The van der Waals surface area contributed by atoms with E-state index in [0.29, 0.717) is 18.3 Å². The maximum absolute atomic E-state index is 5.43. The lowest BCUT2D eigenvalue weighted by Crippen LogP contribution is -2.17. The van der Waals surface area contributed by atoms with Crippen LogP contribution in [0.4, 0.5) is 5.69 Å². The van der Waals surface area contributed by atoms with Gasteiger partial charge in [-0.2, -0.15) is 0 Å². The third kappa shape index (κ3) is 2.06. The number of rotatable bonds is 2. The molecule has 0 spiro atoms. The molecule has 1 atom stereocenters. The number of anilines is 1. The highest BCUT2D eigenvalue weighted by atomic mass is 16.6. The van der Waals surface area contributed by atoms with E-state index in [9.17, 15) is 0 Å². The molecule has 1 aromatic rings. The van der Waals surface area contributed by atoms with Crippen LogP contribution in [-0.2, 0) is 4.74 Å². The van der Waals surface area contributed by atoms with Crippen LogP contribution in [0.25, 0.3) is 0 Å². The first-order valence-corrected chi connectivity index (χ1v) is 4.16. The predicted molar refractivity (Wildman–Crippen MR) is 46.3 cm³/mol. The van der Waals surface area contributed by atoms with E-state index in [2.05, 4.69) is 9.97 Å². The average molecular weight is 181 g/mol. The Kier molecular flexibility index (Phi) is 2.27. The zero-order valence-electron chi connectivity index (χ0n) is 7.14. The van der Waals surface area contributed by atoms with E-state index in [0.717, 1.165) is 13.0 Å². The summed E-state index contributed by atoms with van der Waals surface area (Å²) in [6.45, 7) is 1.37. The predicted octanol–water partition coefficient (Wildman–Crippen LogP) is 0.226. The van der Waals surface area contributed by atoms with E-state index >= 15 is 0 Å². The van der Waals surface area contributed by atoms with Crippen LogP contribution in [0.15, 0.2) is 12.4 Å². The van der Waals surface area contributed by atoms with Gasteiger partial charge >= 0.3 is 6.01 Å². The first kappa shape index (κ1) is 8.25. The van der Waals surface area contributed by atoms with Crippen LogP contribution < -0.4 is 10.5 Å². The van der Waals surface area contributed by atoms with Gasteiger partial charge in [-0.3, -0.25) is 0 Å². The van der Waals surface area contributed by atoms with E-state index in [4.69, 9.17) is 15.2 Å². The molecule has 70 valence electrons. The van der Waals surface area contributed by atoms with Gasteiger partial charge in [-0.25, -0.2) is 9.97 Å². The Morgan fingerprint density at radius 2 is 2.23 bits per heavy atom. The minimum absolute atomic E-state index is 0.0867. The molecule has 5 nitrogen and oxygen atoms in total. The van der Waals surface area contributed by atoms with E-state index in [1.165, 1.54) is 12.4 Å². The monoisotopic (exact) mass is 181 g/mol. The van der Waals surface area contributed by atoms with Crippen molar-refractivity contribution in [3.8, 4) is 6.01 Å². The minimum atomic E-state index is 0.0867. The summed E-state index contributed by atoms with van der Waals surface area (Å²) in [5.41, 5.74) is 5.97. The Hall–Kier alpha value is -1.36. The Balaban J connectivity index is 1.97. The van der Waals surface area contributed by atoms with Gasteiger partial charge in [-0.05, 0) is 0 Å². The van der Waals surface area contributed by atoms with Crippen molar-refractivity contribution in [3.05, 3.63) is 12.4 Å². The first-order chi connectivity index (χ1) is 6.34. The molecule has 0 amide bonds. The second kappa shape index (κ2) is 3.57. The van der Waals surface area contributed by atoms with Gasteiger partial charge in [0, 0.05) is 6.42 Å². The third-order valence-electron chi connectivity index (χ3n) is 1.81. The van der Waals surface area contributed by atoms with Crippen molar-refractivity contribution >= 4 is 5.69 Å². The second-order valence-corrected chi connectivity index (χ2v) is 2.90. The largest absolute Gasteiger partial charge is 0.458 e. The molecule has 0 saturated carbocycles. The molecule has 1 aliphatic rings. The van der Waals surface area contributed by atoms with Gasteiger partial charge in [0.05, 0.1) is 31.3 Å². The topological polar surface area (TPSA) is 70.3 Å². The highest BCUT2D eigenvalue weighted by Gasteiger charge is 2.17. The maximum atomic E-state index is 5.43. The average Bonchev–Trinajstić information content (AvgIpc) is 2.62. The summed E-state index contributed by atoms with van der Waals surface area (Å²) in [6, 6.07) is 0.365. The number of hydrogen-bond acceptors (Lipinski definition) is 5. The summed E-state index contributed by atoms with van der Waals surface area (Å²) >= 11 is 0. The third-order valence-corrected chi connectivity index (χ3v) is 1.81. The van der Waals surface area contributed by atoms with Crippen LogP contribution in [0.3, 0.4) is 0 Å². The van der Waals surface area contributed by atoms with Gasteiger partial charge in [0.2, 0.25) is 0 Å². The van der Waals surface area contributed by atoms with Crippen molar-refractivity contribution in [1.82, 2.24) is 9.97 Å². The molecule has 1 unspecified atom stereocenters. The van der Waals surface area contributed by atoms with E-state index in [1.54, 1.807) is 0 Å². The quantitative estimate of drug-likeness (QED) is 0.707. The maximum Gasteiger partial charge on any atom is 0.316 e. The summed E-state index contributed by atoms with van der Waals surface area (Å²) in [7, 11) is 0. The normalized spacial score (nSPS) is 21.7. The zero-order valence-corrected chi connectivity index (χ0v) is 7.14. The summed E-state index contributed by atoms with van der Waals surface area (Å²) in [4.78, 5) is 7.86. The van der Waals surface area contributed by atoms with Gasteiger partial charge < -0.3 is 15.2 Å². The molecule has 0 aromatic carbocycles. The Bertz CT molecular complexity index is 269. The number of aromatic nitrogens is 2. The minimum Gasteiger partial charge on any atom is -0.458 e. The van der Waals surface area contributed by atoms with Crippen LogP contribution in [-0.4, -0.2) is 29.3 Å². The van der Waals surface area contributed by atoms with Gasteiger partial charge in [-0.1, -0.05) is 0 Å². The van der Waals surface area contributed by atoms with Crippen LogP contribution in [0.5, 0.6) is 6.01 Å². The second-order valence-electron chi connectivity index (χ2n) is 2.90. The van der Waals surface area contributed by atoms with Crippen LogP contribution in [0.1, 0.15) is 6.42 Å². The first-order valence-electron chi connectivity index (χ1n) is 4.16. The Morgan fingerprint density at radius 3 is 2.85 bits per heavy atom. The van der Waals surface area contributed by atoms with Gasteiger partial charge in [0.1, 0.15) is 6.10 Å². The molecule has 13 heavy (non-hydrogen) atoms. The van der Waals surface area contributed by atoms with Gasteiger partial charge in [-0.15, -0.1) is 0 Å². The SMILES string of the molecule is Nc1cnc(OC2CCOC2)nc1. The fourth-order valence-electron chi connectivity index (χ4n) is 1.14. The zero-order chi connectivity index (χ0) is 9.10. The fraction of sp³-hybridized carbons (Fsp3) is 0.500. The van der Waals surface area contributed by atoms with Gasteiger partial charge in [0.25, 0.3) is 0 Å². The van der Waals surface area contributed by atoms with Crippen molar-refractivity contribution in [1.29, 1.82) is 0 Å². The fourth-order valence-corrected chi connectivity index (χ4v) is 1.14. The highest BCUT2D eigenvalue weighted by molar-refractivity contribution is 5.30. The number of hydrogen-bond donors (Lipinski definition) is 1. The summed E-state index contributed by atoms with van der Waals surface area (Å²) in [5, 5.41) is 0. The smallest absolute Gasteiger partial charge is 0.316 e. The summed E-state index contributed by atoms with van der Waals surface area (Å²) in [5.74, 6) is 0. The molecule has 1 aromatic heterocycles. The molecule has 0 bridgehead atoms. The lowest BCUT2D eigenvalue weighted by Gasteiger charge is -2.08.